The summed E-state index contributed by atoms with van der Waals surface area (Å²) < 4.78 is 73.8. The first kappa shape index (κ1) is 52.8. The zero-order valence-corrected chi connectivity index (χ0v) is 40.9. The molecule has 0 radical (unpaired) electrons. The molecule has 6 amide bonds. The molecule has 3 fully saturated rings. The molecule has 8 rings (SSSR count). The van der Waals surface area contributed by atoms with Crippen molar-refractivity contribution in [2.75, 3.05) is 120 Å². The van der Waals surface area contributed by atoms with Gasteiger partial charge in [0.1, 0.15) is 23.3 Å². The largest absolute Gasteiger partial charge is 0.495 e. The van der Waals surface area contributed by atoms with E-state index in [1.807, 2.05) is 0 Å². The third kappa shape index (κ3) is 12.5. The molecule has 2 saturated heterocycles. The predicted molar refractivity (Wildman–Crippen MR) is 258 cm³/mol. The number of alkyl halides is 2. The molecule has 1 aliphatic carbocycles. The molecule has 73 heavy (non-hydrogen) atoms. The van der Waals surface area contributed by atoms with Gasteiger partial charge >= 0.3 is 5.92 Å². The van der Waals surface area contributed by atoms with Crippen LogP contribution >= 0.6 is 0 Å². The van der Waals surface area contributed by atoms with Gasteiger partial charge in [0.15, 0.2) is 5.82 Å². The van der Waals surface area contributed by atoms with Crippen molar-refractivity contribution >= 4 is 64.3 Å². The standard InChI is InChI=1S/C49H61F3N10O11/c1-59-38-28-54-48(58-42(38)61(31-6-3-4-7-31)29-49(51,52)47(59)68)56-36-27-34(50)33(26-39(36)69-2)43(64)55-30-12-15-60(16-13-30)17-19-71-21-23-73-25-24-72-22-20-70-18-14-53-35-9-5-8-32-41(35)46(67)62(45(32)66)37-10-11-40(63)57-44(37)65/h5,8-9,26-28,30-31,37,53H,3-4,6-7,10-25,29H2,1-2H3,(H,55,64)(H,54,56,58)(H,57,63,65). The second-order valence-corrected chi connectivity index (χ2v) is 18.3. The van der Waals surface area contributed by atoms with Crippen LogP contribution in [-0.2, 0) is 33.3 Å². The van der Waals surface area contributed by atoms with Gasteiger partial charge in [-0.15, -0.1) is 0 Å². The summed E-state index contributed by atoms with van der Waals surface area (Å²) in [5.41, 5.74) is 0.878. The second-order valence-electron chi connectivity index (χ2n) is 18.3. The number of ether oxygens (including phenoxy) is 5. The Kier molecular flexibility index (Phi) is 17.4. The minimum atomic E-state index is -3.64. The maximum Gasteiger partial charge on any atom is 0.342 e. The molecular weight excluding hydrogens is 962 g/mol. The van der Waals surface area contributed by atoms with Gasteiger partial charge in [0, 0.05) is 63.5 Å². The molecule has 2 aromatic carbocycles. The van der Waals surface area contributed by atoms with Crippen molar-refractivity contribution in [2.24, 2.45) is 0 Å². The van der Waals surface area contributed by atoms with E-state index in [1.165, 1.54) is 37.4 Å². The number of fused-ring (bicyclic) bond motifs is 2. The van der Waals surface area contributed by atoms with E-state index >= 15 is 13.2 Å². The molecule has 394 valence electrons. The topological polar surface area (TPSA) is 235 Å². The van der Waals surface area contributed by atoms with E-state index in [9.17, 15) is 28.8 Å². The van der Waals surface area contributed by atoms with E-state index < -0.39 is 59.8 Å². The number of aromatic nitrogens is 2. The molecule has 4 aliphatic heterocycles. The monoisotopic (exact) mass is 1020 g/mol. The Hall–Kier alpha value is -6.47. The molecule has 0 spiro atoms. The Balaban J connectivity index is 0.670. The fourth-order valence-electron chi connectivity index (χ4n) is 9.66. The van der Waals surface area contributed by atoms with Crippen molar-refractivity contribution in [3.05, 3.63) is 59.0 Å². The van der Waals surface area contributed by atoms with Crippen LogP contribution in [0.1, 0.15) is 82.4 Å². The molecule has 1 saturated carbocycles. The van der Waals surface area contributed by atoms with Crippen molar-refractivity contribution < 1.29 is 65.6 Å². The summed E-state index contributed by atoms with van der Waals surface area (Å²) in [6.45, 7) is 4.68. The average molecular weight is 1020 g/mol. The van der Waals surface area contributed by atoms with Crippen molar-refractivity contribution in [3.8, 4) is 5.75 Å². The van der Waals surface area contributed by atoms with Crippen LogP contribution < -0.4 is 35.8 Å². The lowest BCUT2D eigenvalue weighted by atomic mass is 10.0. The minimum Gasteiger partial charge on any atom is -0.495 e. The summed E-state index contributed by atoms with van der Waals surface area (Å²) in [7, 11) is 2.63. The van der Waals surface area contributed by atoms with Crippen LogP contribution in [-0.4, -0.2) is 179 Å². The zero-order chi connectivity index (χ0) is 51.6. The number of hydrogen-bond acceptors (Lipinski definition) is 17. The van der Waals surface area contributed by atoms with Crippen molar-refractivity contribution in [2.45, 2.75) is 75.4 Å². The van der Waals surface area contributed by atoms with E-state index in [2.05, 4.69) is 36.1 Å². The smallest absolute Gasteiger partial charge is 0.342 e. The maximum atomic E-state index is 15.6. The first-order chi connectivity index (χ1) is 35.2. The molecule has 5 heterocycles. The number of piperidine rings is 2. The van der Waals surface area contributed by atoms with E-state index in [0.717, 1.165) is 28.7 Å². The number of halogens is 3. The number of hydrogen-bond donors (Lipinski definition) is 4. The van der Waals surface area contributed by atoms with Gasteiger partial charge in [-0.2, -0.15) is 13.8 Å². The Morgan fingerprint density at radius 3 is 2.23 bits per heavy atom. The number of amides is 6. The summed E-state index contributed by atoms with van der Waals surface area (Å²) in [5, 5.41) is 11.2. The molecule has 21 nitrogen and oxygen atoms in total. The van der Waals surface area contributed by atoms with Gasteiger partial charge in [-0.05, 0) is 50.3 Å². The predicted octanol–water partition coefficient (Wildman–Crippen LogP) is 3.50. The number of anilines is 5. The van der Waals surface area contributed by atoms with Gasteiger partial charge in [0.25, 0.3) is 23.6 Å². The molecule has 3 aromatic rings. The van der Waals surface area contributed by atoms with Gasteiger partial charge in [-0.25, -0.2) is 9.37 Å². The van der Waals surface area contributed by atoms with Crippen LogP contribution in [0.5, 0.6) is 5.75 Å². The van der Waals surface area contributed by atoms with Crippen LogP contribution in [0.25, 0.3) is 0 Å². The summed E-state index contributed by atoms with van der Waals surface area (Å²) in [6.07, 6.45) is 5.82. The molecule has 5 aliphatic rings. The quantitative estimate of drug-likeness (QED) is 0.0786. The third-order valence-electron chi connectivity index (χ3n) is 13.5. The lowest BCUT2D eigenvalue weighted by Gasteiger charge is -2.32. The van der Waals surface area contributed by atoms with Crippen LogP contribution in [0, 0.1) is 5.82 Å². The maximum absolute atomic E-state index is 15.6. The van der Waals surface area contributed by atoms with Gasteiger partial charge in [0.05, 0.1) is 95.1 Å². The Bertz CT molecular complexity index is 2530. The Labute approximate surface area is 419 Å². The lowest BCUT2D eigenvalue weighted by Crippen LogP contribution is -2.54. The highest BCUT2D eigenvalue weighted by Gasteiger charge is 2.49. The molecule has 0 bridgehead atoms. The second kappa shape index (κ2) is 24.0. The van der Waals surface area contributed by atoms with Crippen LogP contribution in [0.3, 0.4) is 0 Å². The first-order valence-corrected chi connectivity index (χ1v) is 24.6. The normalized spacial score (nSPS) is 19.5. The average Bonchev–Trinajstić information content (AvgIpc) is 3.99. The number of likely N-dealkylation sites (tertiary alicyclic amines) is 1. The molecule has 4 N–H and O–H groups in total. The first-order valence-electron chi connectivity index (χ1n) is 24.6. The molecular formula is C49H61F3N10O11. The van der Waals surface area contributed by atoms with Crippen LogP contribution in [0.4, 0.5) is 42.0 Å². The van der Waals surface area contributed by atoms with E-state index in [1.54, 1.807) is 12.1 Å². The SMILES string of the molecule is COc1cc(C(=O)NC2CCN(CCOCCOCCOCCOCCNc3cccc4c3C(=O)N(C3CCC(=O)NC3=O)C4=O)CC2)c(F)cc1Nc1ncc2c(n1)N(C1CCCC1)CC(F)(F)C(=O)N2C. The highest BCUT2D eigenvalue weighted by molar-refractivity contribution is 6.25. The fourth-order valence-corrected chi connectivity index (χ4v) is 9.66. The molecule has 1 unspecified atom stereocenters. The highest BCUT2D eigenvalue weighted by Crippen LogP contribution is 2.40. The van der Waals surface area contributed by atoms with Crippen molar-refractivity contribution in [1.82, 2.24) is 30.4 Å². The summed E-state index contributed by atoms with van der Waals surface area (Å²) >= 11 is 0. The summed E-state index contributed by atoms with van der Waals surface area (Å²) in [6, 6.07) is 5.81. The number of carbonyl (C=O) groups is 6. The van der Waals surface area contributed by atoms with Gasteiger partial charge in [-0.3, -0.25) is 39.0 Å². The van der Waals surface area contributed by atoms with E-state index in [0.29, 0.717) is 110 Å². The van der Waals surface area contributed by atoms with Crippen molar-refractivity contribution in [3.63, 3.8) is 0 Å². The van der Waals surface area contributed by atoms with Crippen LogP contribution in [0.2, 0.25) is 0 Å². The Morgan fingerprint density at radius 2 is 1.55 bits per heavy atom. The fraction of sp³-hybridized carbons (Fsp3) is 0.551. The van der Waals surface area contributed by atoms with Crippen LogP contribution in [0.15, 0.2) is 36.5 Å². The molecule has 24 heteroatoms. The number of imide groups is 2. The number of nitrogens with one attached hydrogen (secondary N) is 4. The number of nitrogens with zero attached hydrogens (tertiary/aromatic N) is 6. The van der Waals surface area contributed by atoms with Crippen molar-refractivity contribution in [1.29, 1.82) is 0 Å². The van der Waals surface area contributed by atoms with Gasteiger partial charge in [-0.1, -0.05) is 18.9 Å². The number of rotatable bonds is 23. The summed E-state index contributed by atoms with van der Waals surface area (Å²) in [5.74, 6) is -8.36. The third-order valence-corrected chi connectivity index (χ3v) is 13.5. The highest BCUT2D eigenvalue weighted by atomic mass is 19.3. The molecule has 1 atom stereocenters. The number of methoxy groups -OCH3 is 1. The van der Waals surface area contributed by atoms with Gasteiger partial charge < -0.3 is 54.3 Å². The zero-order valence-electron chi connectivity index (χ0n) is 40.9. The lowest BCUT2D eigenvalue weighted by molar-refractivity contribution is -0.140. The van der Waals surface area contributed by atoms with E-state index in [-0.39, 0.29) is 70.5 Å². The number of carbonyl (C=O) groups excluding carboxylic acids is 6. The van der Waals surface area contributed by atoms with Gasteiger partial charge in [0.2, 0.25) is 17.8 Å². The summed E-state index contributed by atoms with van der Waals surface area (Å²) in [4.78, 5) is 90.5. The minimum absolute atomic E-state index is 0.0279. The Morgan fingerprint density at radius 1 is 0.863 bits per heavy atom. The molecule has 1 aromatic heterocycles. The number of benzene rings is 2. The van der Waals surface area contributed by atoms with E-state index in [4.69, 9.17) is 23.7 Å².